The number of hydrogen-bond donors (Lipinski definition) is 4. The largest absolute Gasteiger partial charge is 0.368 e. The monoisotopic (exact) mass is 466 g/mol. The van der Waals surface area contributed by atoms with Crippen LogP contribution >= 0.6 is 0 Å². The molecule has 3 amide bonds. The Balaban J connectivity index is 2.19. The second-order valence-corrected chi connectivity index (χ2v) is 8.37. The van der Waals surface area contributed by atoms with Crippen molar-refractivity contribution in [1.82, 2.24) is 10.6 Å². The summed E-state index contributed by atoms with van der Waals surface area (Å²) in [7, 11) is 0. The second kappa shape index (κ2) is 13.9. The molecule has 0 fully saturated rings. The SMILES string of the molecule is C[C@H](NC(=O)[C@H](CCCCN)CC(=O)[C@H](Cc1ccccc1)NC(=O)c1ccccc1)C(N)=O. The Morgan fingerprint density at radius 2 is 1.50 bits per heavy atom. The average Bonchev–Trinajstić information content (AvgIpc) is 2.84. The highest BCUT2D eigenvalue weighted by atomic mass is 16.2. The molecule has 0 aliphatic rings. The van der Waals surface area contributed by atoms with Crippen molar-refractivity contribution in [2.75, 3.05) is 6.54 Å². The lowest BCUT2D eigenvalue weighted by molar-refractivity contribution is -0.132. The summed E-state index contributed by atoms with van der Waals surface area (Å²) < 4.78 is 0. The van der Waals surface area contributed by atoms with Crippen molar-refractivity contribution < 1.29 is 19.2 Å². The maximum absolute atomic E-state index is 13.4. The zero-order valence-corrected chi connectivity index (χ0v) is 19.5. The van der Waals surface area contributed by atoms with Crippen LogP contribution in [0.15, 0.2) is 60.7 Å². The third kappa shape index (κ3) is 8.78. The maximum Gasteiger partial charge on any atom is 0.251 e. The molecule has 8 nitrogen and oxygen atoms in total. The summed E-state index contributed by atoms with van der Waals surface area (Å²) in [5.74, 6) is -2.34. The average molecular weight is 467 g/mol. The van der Waals surface area contributed by atoms with E-state index in [1.807, 2.05) is 30.3 Å². The summed E-state index contributed by atoms with van der Waals surface area (Å²) in [5, 5.41) is 5.42. The quantitative estimate of drug-likeness (QED) is 0.313. The van der Waals surface area contributed by atoms with E-state index in [0.717, 1.165) is 5.56 Å². The number of nitrogens with one attached hydrogen (secondary N) is 2. The molecule has 6 N–H and O–H groups in total. The molecule has 0 saturated carbocycles. The highest BCUT2D eigenvalue weighted by Gasteiger charge is 2.29. The number of benzene rings is 2. The maximum atomic E-state index is 13.4. The normalized spacial score (nSPS) is 13.4. The first-order valence-electron chi connectivity index (χ1n) is 11.5. The molecule has 3 atom stereocenters. The summed E-state index contributed by atoms with van der Waals surface area (Å²) in [6.45, 7) is 1.97. The summed E-state index contributed by atoms with van der Waals surface area (Å²) in [4.78, 5) is 50.4. The predicted molar refractivity (Wildman–Crippen MR) is 131 cm³/mol. The molecule has 0 aromatic heterocycles. The molecule has 0 saturated heterocycles. The number of carbonyl (C=O) groups excluding carboxylic acids is 4. The van der Waals surface area contributed by atoms with Gasteiger partial charge in [-0.25, -0.2) is 0 Å². The molecule has 2 aromatic carbocycles. The molecule has 0 heterocycles. The molecule has 0 radical (unpaired) electrons. The van der Waals surface area contributed by atoms with Crippen LogP contribution in [0.4, 0.5) is 0 Å². The first-order valence-corrected chi connectivity index (χ1v) is 11.5. The van der Waals surface area contributed by atoms with Gasteiger partial charge in [0.15, 0.2) is 5.78 Å². The van der Waals surface area contributed by atoms with Crippen LogP contribution in [-0.2, 0) is 20.8 Å². The Labute approximate surface area is 200 Å². The lowest BCUT2D eigenvalue weighted by atomic mass is 9.90. The number of rotatable bonds is 14. The van der Waals surface area contributed by atoms with Crippen LogP contribution in [0.5, 0.6) is 0 Å². The van der Waals surface area contributed by atoms with Gasteiger partial charge in [0.1, 0.15) is 6.04 Å². The predicted octanol–water partition coefficient (Wildman–Crippen LogP) is 1.72. The lowest BCUT2D eigenvalue weighted by Gasteiger charge is -2.22. The van der Waals surface area contributed by atoms with Crippen LogP contribution in [0.3, 0.4) is 0 Å². The first kappa shape index (κ1) is 26.7. The fourth-order valence-electron chi connectivity index (χ4n) is 3.57. The van der Waals surface area contributed by atoms with Gasteiger partial charge in [0, 0.05) is 17.9 Å². The number of amides is 3. The van der Waals surface area contributed by atoms with E-state index in [1.54, 1.807) is 30.3 Å². The van der Waals surface area contributed by atoms with E-state index in [0.29, 0.717) is 37.8 Å². The van der Waals surface area contributed by atoms with Gasteiger partial charge in [-0.15, -0.1) is 0 Å². The molecule has 8 heteroatoms. The minimum absolute atomic E-state index is 0.0749. The van der Waals surface area contributed by atoms with E-state index in [9.17, 15) is 19.2 Å². The van der Waals surface area contributed by atoms with E-state index in [-0.39, 0.29) is 18.1 Å². The summed E-state index contributed by atoms with van der Waals surface area (Å²) in [6.07, 6.45) is 2.03. The van der Waals surface area contributed by atoms with Gasteiger partial charge in [-0.05, 0) is 50.4 Å². The van der Waals surface area contributed by atoms with Gasteiger partial charge in [-0.3, -0.25) is 19.2 Å². The zero-order chi connectivity index (χ0) is 24.9. The van der Waals surface area contributed by atoms with Gasteiger partial charge in [0.05, 0.1) is 6.04 Å². The fraction of sp³-hybridized carbons (Fsp3) is 0.385. The molecule has 0 unspecified atom stereocenters. The summed E-state index contributed by atoms with van der Waals surface area (Å²) in [6, 6.07) is 16.4. The van der Waals surface area contributed by atoms with Crippen molar-refractivity contribution in [2.24, 2.45) is 17.4 Å². The van der Waals surface area contributed by atoms with Gasteiger partial charge < -0.3 is 22.1 Å². The molecule has 0 aliphatic carbocycles. The fourth-order valence-corrected chi connectivity index (χ4v) is 3.57. The Bertz CT molecular complexity index is 950. The molecule has 182 valence electrons. The number of carbonyl (C=O) groups is 4. The van der Waals surface area contributed by atoms with E-state index in [1.165, 1.54) is 6.92 Å². The minimum Gasteiger partial charge on any atom is -0.368 e. The van der Waals surface area contributed by atoms with Crippen LogP contribution < -0.4 is 22.1 Å². The molecular weight excluding hydrogens is 432 g/mol. The molecule has 2 aromatic rings. The topological polar surface area (TPSA) is 144 Å². The molecule has 0 aliphatic heterocycles. The minimum atomic E-state index is -0.850. The van der Waals surface area contributed by atoms with Crippen LogP contribution in [-0.4, -0.2) is 42.1 Å². The first-order chi connectivity index (χ1) is 16.3. The zero-order valence-electron chi connectivity index (χ0n) is 19.5. The van der Waals surface area contributed by atoms with Gasteiger partial charge in [-0.2, -0.15) is 0 Å². The standard InChI is InChI=1S/C26H34N4O4/c1-18(24(28)32)29-26(34)21(14-8-9-15-27)17-23(31)22(16-19-10-4-2-5-11-19)30-25(33)20-12-6-3-7-13-20/h2-7,10-13,18,21-22H,8-9,14-17,27H2,1H3,(H2,28,32)(H,29,34)(H,30,33)/t18-,21+,22-/m0/s1. The summed E-state index contributed by atoms with van der Waals surface area (Å²) >= 11 is 0. The highest BCUT2D eigenvalue weighted by molar-refractivity contribution is 5.99. The van der Waals surface area contributed by atoms with Gasteiger partial charge in [0.25, 0.3) is 5.91 Å². The molecule has 34 heavy (non-hydrogen) atoms. The van der Waals surface area contributed by atoms with Crippen LogP contribution in [0.25, 0.3) is 0 Å². The molecule has 0 bridgehead atoms. The van der Waals surface area contributed by atoms with Crippen LogP contribution in [0, 0.1) is 5.92 Å². The van der Waals surface area contributed by atoms with Crippen LogP contribution in [0.2, 0.25) is 0 Å². The molecule has 2 rings (SSSR count). The smallest absolute Gasteiger partial charge is 0.251 e. The van der Waals surface area contributed by atoms with E-state index < -0.39 is 29.8 Å². The Morgan fingerprint density at radius 3 is 2.09 bits per heavy atom. The third-order valence-electron chi connectivity index (χ3n) is 5.62. The number of Topliss-reactive ketones (excluding diaryl/α,β-unsaturated/α-hetero) is 1. The van der Waals surface area contributed by atoms with Crippen molar-refractivity contribution in [3.8, 4) is 0 Å². The van der Waals surface area contributed by atoms with E-state index >= 15 is 0 Å². The van der Waals surface area contributed by atoms with Crippen LogP contribution in [0.1, 0.15) is 48.5 Å². The molecular formula is C26H34N4O4. The van der Waals surface area contributed by atoms with Gasteiger partial charge in [-0.1, -0.05) is 55.0 Å². The number of ketones is 1. The lowest BCUT2D eigenvalue weighted by Crippen LogP contribution is -2.47. The number of unbranched alkanes of at least 4 members (excludes halogenated alkanes) is 1. The van der Waals surface area contributed by atoms with Gasteiger partial charge >= 0.3 is 0 Å². The number of primary amides is 1. The Hall–Kier alpha value is -3.52. The number of hydrogen-bond acceptors (Lipinski definition) is 5. The van der Waals surface area contributed by atoms with Crippen molar-refractivity contribution in [1.29, 1.82) is 0 Å². The van der Waals surface area contributed by atoms with E-state index in [4.69, 9.17) is 11.5 Å². The second-order valence-electron chi connectivity index (χ2n) is 8.37. The summed E-state index contributed by atoms with van der Waals surface area (Å²) in [5.41, 5.74) is 12.2. The van der Waals surface area contributed by atoms with Crippen molar-refractivity contribution >= 4 is 23.5 Å². The van der Waals surface area contributed by atoms with Crippen molar-refractivity contribution in [3.63, 3.8) is 0 Å². The Kier molecular flexibility index (Phi) is 10.9. The van der Waals surface area contributed by atoms with E-state index in [2.05, 4.69) is 10.6 Å². The Morgan fingerprint density at radius 1 is 0.882 bits per heavy atom. The highest BCUT2D eigenvalue weighted by Crippen LogP contribution is 2.17. The molecule has 0 spiro atoms. The third-order valence-corrected chi connectivity index (χ3v) is 5.62. The number of nitrogens with two attached hydrogens (primary N) is 2. The van der Waals surface area contributed by atoms with Crippen molar-refractivity contribution in [2.45, 2.75) is 51.1 Å². The van der Waals surface area contributed by atoms with Gasteiger partial charge in [0.2, 0.25) is 11.8 Å². The van der Waals surface area contributed by atoms with Crippen molar-refractivity contribution in [3.05, 3.63) is 71.8 Å².